The molecule has 1 heterocycles. The molecule has 0 bridgehead atoms. The van der Waals surface area contributed by atoms with Crippen molar-refractivity contribution in [2.75, 3.05) is 19.0 Å². The molecule has 0 saturated carbocycles. The van der Waals surface area contributed by atoms with Gasteiger partial charge in [0.1, 0.15) is 0 Å². The normalized spacial score (nSPS) is 10.5. The fraction of sp³-hybridized carbons (Fsp3) is 0.190. The van der Waals surface area contributed by atoms with Crippen molar-refractivity contribution in [3.8, 4) is 11.5 Å². The van der Waals surface area contributed by atoms with Crippen molar-refractivity contribution in [3.63, 3.8) is 0 Å². The monoisotopic (exact) mass is 457 g/mol. The zero-order chi connectivity index (χ0) is 21.0. The lowest BCUT2D eigenvalue weighted by molar-refractivity contribution is 0.101. The Morgan fingerprint density at radius 3 is 2.48 bits per heavy atom. The minimum absolute atomic E-state index is 0.185. The van der Waals surface area contributed by atoms with E-state index in [9.17, 15) is 9.59 Å². The first-order chi connectivity index (χ1) is 13.9. The number of carbonyl (C=O) groups excluding carboxylic acids is 2. The molecule has 0 aliphatic heterocycles. The van der Waals surface area contributed by atoms with Crippen LogP contribution in [0.2, 0.25) is 0 Å². The van der Waals surface area contributed by atoms with Gasteiger partial charge in [-0.25, -0.2) is 4.98 Å². The van der Waals surface area contributed by atoms with Gasteiger partial charge in [-0.3, -0.25) is 9.59 Å². The number of methoxy groups -OCH3 is 1. The summed E-state index contributed by atoms with van der Waals surface area (Å²) in [5, 5.41) is 2.81. The van der Waals surface area contributed by atoms with Gasteiger partial charge in [0.25, 0.3) is 5.91 Å². The Labute approximate surface area is 176 Å². The van der Waals surface area contributed by atoms with Crippen molar-refractivity contribution >= 4 is 33.3 Å². The van der Waals surface area contributed by atoms with Gasteiger partial charge in [-0.1, -0.05) is 0 Å². The average Bonchev–Trinajstić information content (AvgIpc) is 3.15. The van der Waals surface area contributed by atoms with Crippen LogP contribution in [-0.4, -0.2) is 35.0 Å². The lowest BCUT2D eigenvalue weighted by Gasteiger charge is -2.13. The van der Waals surface area contributed by atoms with E-state index < -0.39 is 0 Å². The number of hydrogen-bond donors (Lipinski definition) is 1. The predicted molar refractivity (Wildman–Crippen MR) is 113 cm³/mol. The zero-order valence-electron chi connectivity index (χ0n) is 16.2. The van der Waals surface area contributed by atoms with Gasteiger partial charge in [0.2, 0.25) is 5.78 Å². The number of ether oxygens (including phenoxy) is 2. The quantitative estimate of drug-likeness (QED) is 0.540. The van der Waals surface area contributed by atoms with E-state index in [0.717, 1.165) is 0 Å². The highest BCUT2D eigenvalue weighted by atomic mass is 79.9. The first kappa shape index (κ1) is 20.6. The third kappa shape index (κ3) is 4.48. The van der Waals surface area contributed by atoms with Gasteiger partial charge >= 0.3 is 0 Å². The van der Waals surface area contributed by atoms with Crippen LogP contribution in [0, 0.1) is 0 Å². The first-order valence-corrected chi connectivity index (χ1v) is 9.67. The van der Waals surface area contributed by atoms with Gasteiger partial charge in [0.05, 0.1) is 18.2 Å². The number of rotatable bonds is 7. The molecule has 29 heavy (non-hydrogen) atoms. The molecular weight excluding hydrogens is 438 g/mol. The summed E-state index contributed by atoms with van der Waals surface area (Å²) in [5.41, 5.74) is 1.46. The Morgan fingerprint density at radius 1 is 1.17 bits per heavy atom. The van der Waals surface area contributed by atoms with E-state index in [1.54, 1.807) is 60.4 Å². The number of benzene rings is 2. The molecule has 0 aliphatic rings. The predicted octanol–water partition coefficient (Wildman–Crippen LogP) is 4.07. The maximum Gasteiger partial charge on any atom is 0.255 e. The van der Waals surface area contributed by atoms with Crippen LogP contribution in [0.1, 0.15) is 33.5 Å². The molecule has 0 fully saturated rings. The van der Waals surface area contributed by atoms with Gasteiger partial charge in [0, 0.05) is 36.3 Å². The van der Waals surface area contributed by atoms with E-state index in [1.807, 2.05) is 6.92 Å². The van der Waals surface area contributed by atoms with Crippen LogP contribution in [0.25, 0.3) is 0 Å². The van der Waals surface area contributed by atoms with Gasteiger partial charge in [-0.2, -0.15) is 0 Å². The molecule has 0 aliphatic carbocycles. The van der Waals surface area contributed by atoms with Crippen molar-refractivity contribution in [1.29, 1.82) is 0 Å². The Kier molecular flexibility index (Phi) is 6.33. The second-order valence-corrected chi connectivity index (χ2v) is 7.00. The summed E-state index contributed by atoms with van der Waals surface area (Å²) < 4.78 is 13.2. The smallest absolute Gasteiger partial charge is 0.255 e. The van der Waals surface area contributed by atoms with Gasteiger partial charge < -0.3 is 19.4 Å². The summed E-state index contributed by atoms with van der Waals surface area (Å²) in [5.74, 6) is 0.866. The molecule has 0 radical (unpaired) electrons. The lowest BCUT2D eigenvalue weighted by atomic mass is 10.1. The number of ketones is 1. The number of aryl methyl sites for hydroxylation is 1. The molecule has 3 rings (SSSR count). The van der Waals surface area contributed by atoms with Crippen LogP contribution in [0.15, 0.2) is 53.3 Å². The molecule has 0 atom stereocenters. The maximum atomic E-state index is 12.6. The number of amides is 1. The number of anilines is 1. The Bertz CT molecular complexity index is 1040. The van der Waals surface area contributed by atoms with Gasteiger partial charge in [-0.05, 0) is 59.3 Å². The molecule has 1 amide bonds. The fourth-order valence-corrected chi connectivity index (χ4v) is 3.31. The van der Waals surface area contributed by atoms with E-state index in [-0.39, 0.29) is 11.7 Å². The fourth-order valence-electron chi connectivity index (χ4n) is 2.76. The molecule has 0 unspecified atom stereocenters. The molecule has 0 saturated heterocycles. The minimum Gasteiger partial charge on any atom is -0.493 e. The number of carbonyl (C=O) groups is 2. The molecule has 8 heteroatoms. The largest absolute Gasteiger partial charge is 0.493 e. The van der Waals surface area contributed by atoms with Crippen molar-refractivity contribution < 1.29 is 19.1 Å². The van der Waals surface area contributed by atoms with Crippen LogP contribution < -0.4 is 14.8 Å². The molecule has 150 valence electrons. The topological polar surface area (TPSA) is 82.5 Å². The number of hydrogen-bond acceptors (Lipinski definition) is 5. The maximum absolute atomic E-state index is 12.6. The van der Waals surface area contributed by atoms with Crippen LogP contribution in [0.5, 0.6) is 11.5 Å². The van der Waals surface area contributed by atoms with Crippen molar-refractivity contribution in [2.45, 2.75) is 6.92 Å². The third-order valence-electron chi connectivity index (χ3n) is 4.21. The number of imidazole rings is 1. The summed E-state index contributed by atoms with van der Waals surface area (Å²) >= 11 is 3.41. The van der Waals surface area contributed by atoms with E-state index in [0.29, 0.717) is 45.2 Å². The molecule has 2 aromatic carbocycles. The molecule has 7 nitrogen and oxygen atoms in total. The molecule has 1 aromatic heterocycles. The standard InChI is InChI=1S/C21H20BrN3O4/c1-4-29-19-16(22)11-14(12-17(19)28-3)21(27)24-15-7-5-13(6-8-15)18(26)20-23-9-10-25(20)2/h5-12H,4H2,1-3H3,(H,24,27). The van der Waals surface area contributed by atoms with Crippen LogP contribution in [0.4, 0.5) is 5.69 Å². The van der Waals surface area contributed by atoms with Gasteiger partial charge in [0.15, 0.2) is 17.3 Å². The Balaban J connectivity index is 1.77. The lowest BCUT2D eigenvalue weighted by Crippen LogP contribution is -2.13. The average molecular weight is 458 g/mol. The zero-order valence-corrected chi connectivity index (χ0v) is 17.8. The second-order valence-electron chi connectivity index (χ2n) is 6.14. The molecule has 0 spiro atoms. The molecular formula is C21H20BrN3O4. The number of halogens is 1. The van der Waals surface area contributed by atoms with E-state index in [4.69, 9.17) is 9.47 Å². The van der Waals surface area contributed by atoms with E-state index in [1.165, 1.54) is 7.11 Å². The van der Waals surface area contributed by atoms with E-state index >= 15 is 0 Å². The highest BCUT2D eigenvalue weighted by Crippen LogP contribution is 2.36. The first-order valence-electron chi connectivity index (χ1n) is 8.88. The van der Waals surface area contributed by atoms with Crippen LogP contribution >= 0.6 is 15.9 Å². The summed E-state index contributed by atoms with van der Waals surface area (Å²) in [6.45, 7) is 2.35. The minimum atomic E-state index is -0.310. The van der Waals surface area contributed by atoms with Crippen molar-refractivity contribution in [3.05, 3.63) is 70.2 Å². The van der Waals surface area contributed by atoms with Crippen LogP contribution in [-0.2, 0) is 7.05 Å². The highest BCUT2D eigenvalue weighted by Gasteiger charge is 2.17. The summed E-state index contributed by atoms with van der Waals surface area (Å²) in [6.07, 6.45) is 3.29. The number of nitrogens with one attached hydrogen (secondary N) is 1. The summed E-state index contributed by atoms with van der Waals surface area (Å²) in [4.78, 5) is 29.2. The molecule has 3 aromatic rings. The number of aromatic nitrogens is 2. The van der Waals surface area contributed by atoms with Crippen molar-refractivity contribution in [2.24, 2.45) is 7.05 Å². The Morgan fingerprint density at radius 2 is 1.90 bits per heavy atom. The SMILES string of the molecule is CCOc1c(Br)cc(C(=O)Nc2ccc(C(=O)c3nccn3C)cc2)cc1OC. The highest BCUT2D eigenvalue weighted by molar-refractivity contribution is 9.10. The summed E-state index contributed by atoms with van der Waals surface area (Å²) in [7, 11) is 3.28. The second kappa shape index (κ2) is 8.91. The third-order valence-corrected chi connectivity index (χ3v) is 4.80. The Hall–Kier alpha value is -3.13. The van der Waals surface area contributed by atoms with Crippen molar-refractivity contribution in [1.82, 2.24) is 9.55 Å². The van der Waals surface area contributed by atoms with E-state index in [2.05, 4.69) is 26.2 Å². The molecule has 1 N–H and O–H groups in total. The van der Waals surface area contributed by atoms with Crippen LogP contribution in [0.3, 0.4) is 0 Å². The van der Waals surface area contributed by atoms with Gasteiger partial charge in [-0.15, -0.1) is 0 Å². The number of nitrogens with zero attached hydrogens (tertiary/aromatic N) is 2. The summed E-state index contributed by atoms with van der Waals surface area (Å²) in [6, 6.07) is 9.94.